The Kier molecular flexibility index (Phi) is 8.26. The molecule has 2 aliphatic heterocycles. The second-order valence-corrected chi connectivity index (χ2v) is 13.0. The number of carbonyl (C=O) groups excluding carboxylic acids is 4. The number of halogens is 3. The van der Waals surface area contributed by atoms with Crippen LogP contribution >= 0.6 is 23.2 Å². The van der Waals surface area contributed by atoms with E-state index >= 15 is 4.39 Å². The number of nitrogens with one attached hydrogen (secondary N) is 3. The second-order valence-electron chi connectivity index (χ2n) is 12.2. The van der Waals surface area contributed by atoms with Crippen LogP contribution in [0.4, 0.5) is 10.1 Å². The average molecular weight is 631 g/mol. The van der Waals surface area contributed by atoms with Gasteiger partial charge >= 0.3 is 5.97 Å². The van der Waals surface area contributed by atoms with Crippen molar-refractivity contribution in [2.45, 2.75) is 86.7 Å². The first-order valence-electron chi connectivity index (χ1n) is 15.0. The van der Waals surface area contributed by atoms with E-state index in [0.29, 0.717) is 61.1 Å². The number of rotatable bonds is 6. The van der Waals surface area contributed by atoms with E-state index in [-0.39, 0.29) is 41.0 Å². The zero-order valence-corrected chi connectivity index (χ0v) is 25.1. The SMILES string of the molecule is O=CCOC(=O)C1CCC(NC(=O)[C@@H]2NC3(CCCCC3)[C@@]3(C(=O)Nc4cc(Cl)ccc43)[C@H]2c2cccc(Cl)c2F)CC1. The van der Waals surface area contributed by atoms with E-state index in [4.69, 9.17) is 27.9 Å². The summed E-state index contributed by atoms with van der Waals surface area (Å²) in [6.45, 7) is -0.267. The largest absolute Gasteiger partial charge is 0.458 e. The molecule has 1 saturated heterocycles. The van der Waals surface area contributed by atoms with Crippen molar-refractivity contribution in [1.29, 1.82) is 0 Å². The maximum atomic E-state index is 16.0. The molecule has 4 aliphatic rings. The van der Waals surface area contributed by atoms with Gasteiger partial charge in [0.25, 0.3) is 0 Å². The highest BCUT2D eigenvalue weighted by Gasteiger charge is 2.72. The van der Waals surface area contributed by atoms with Gasteiger partial charge in [0.15, 0.2) is 6.29 Å². The van der Waals surface area contributed by atoms with Crippen LogP contribution in [-0.4, -0.2) is 48.3 Å². The monoisotopic (exact) mass is 629 g/mol. The minimum atomic E-state index is -1.29. The van der Waals surface area contributed by atoms with Crippen LogP contribution in [-0.2, 0) is 29.3 Å². The highest BCUT2D eigenvalue weighted by atomic mass is 35.5. The van der Waals surface area contributed by atoms with Gasteiger partial charge in [0, 0.05) is 28.2 Å². The van der Waals surface area contributed by atoms with Crippen LogP contribution in [0.3, 0.4) is 0 Å². The molecule has 228 valence electrons. The molecular weight excluding hydrogens is 596 g/mol. The number of benzene rings is 2. The molecule has 2 aromatic rings. The molecule has 0 radical (unpaired) electrons. The van der Waals surface area contributed by atoms with Gasteiger partial charge in [-0.2, -0.15) is 0 Å². The Morgan fingerprint density at radius 2 is 1.81 bits per heavy atom. The van der Waals surface area contributed by atoms with Crippen molar-refractivity contribution in [2.24, 2.45) is 5.92 Å². The number of fused-ring (bicyclic) bond motifs is 3. The fourth-order valence-corrected chi connectivity index (χ4v) is 8.57. The summed E-state index contributed by atoms with van der Waals surface area (Å²) >= 11 is 12.6. The minimum Gasteiger partial charge on any atom is -0.458 e. The van der Waals surface area contributed by atoms with Gasteiger partial charge in [-0.25, -0.2) is 4.39 Å². The molecule has 3 N–H and O–H groups in total. The zero-order valence-electron chi connectivity index (χ0n) is 23.6. The highest BCUT2D eigenvalue weighted by Crippen LogP contribution is 2.62. The minimum absolute atomic E-state index is 0.0778. The molecule has 43 heavy (non-hydrogen) atoms. The predicted octanol–water partition coefficient (Wildman–Crippen LogP) is 5.20. The summed E-state index contributed by atoms with van der Waals surface area (Å²) in [7, 11) is 0. The lowest BCUT2D eigenvalue weighted by Crippen LogP contribution is -2.60. The van der Waals surface area contributed by atoms with Gasteiger partial charge in [0.1, 0.15) is 17.8 Å². The fraction of sp³-hybridized carbons (Fsp3) is 0.500. The van der Waals surface area contributed by atoms with Gasteiger partial charge < -0.3 is 15.4 Å². The normalized spacial score (nSPS) is 29.2. The average Bonchev–Trinajstić information content (AvgIpc) is 3.45. The summed E-state index contributed by atoms with van der Waals surface area (Å²) in [5.74, 6) is -2.89. The lowest BCUT2D eigenvalue weighted by atomic mass is 9.55. The van der Waals surface area contributed by atoms with Crippen LogP contribution < -0.4 is 16.0 Å². The number of aldehydes is 1. The first-order valence-corrected chi connectivity index (χ1v) is 15.7. The first-order chi connectivity index (χ1) is 20.7. The Balaban J connectivity index is 1.39. The van der Waals surface area contributed by atoms with Crippen LogP contribution in [0, 0.1) is 11.7 Å². The van der Waals surface area contributed by atoms with Gasteiger partial charge in [-0.1, -0.05) is 60.7 Å². The molecule has 0 bridgehead atoms. The molecule has 2 heterocycles. The third-order valence-electron chi connectivity index (χ3n) is 10.0. The van der Waals surface area contributed by atoms with E-state index < -0.39 is 34.7 Å². The summed E-state index contributed by atoms with van der Waals surface area (Å²) < 4.78 is 21.0. The first kappa shape index (κ1) is 30.0. The lowest BCUT2D eigenvalue weighted by Gasteiger charge is -2.47. The number of amides is 2. The van der Waals surface area contributed by atoms with E-state index in [9.17, 15) is 19.2 Å². The highest BCUT2D eigenvalue weighted by molar-refractivity contribution is 6.31. The molecule has 11 heteroatoms. The van der Waals surface area contributed by atoms with Crippen molar-refractivity contribution in [3.63, 3.8) is 0 Å². The van der Waals surface area contributed by atoms with Crippen molar-refractivity contribution < 1.29 is 28.3 Å². The molecule has 0 unspecified atom stereocenters. The maximum absolute atomic E-state index is 16.0. The molecule has 2 amide bonds. The van der Waals surface area contributed by atoms with Crippen LogP contribution in [0.5, 0.6) is 0 Å². The van der Waals surface area contributed by atoms with E-state index in [1.807, 2.05) is 6.07 Å². The second kappa shape index (κ2) is 11.8. The van der Waals surface area contributed by atoms with Crippen LogP contribution in [0.15, 0.2) is 36.4 Å². The Hall–Kier alpha value is -3.01. The number of anilines is 1. The number of ether oxygens (including phenoxy) is 1. The van der Waals surface area contributed by atoms with Crippen molar-refractivity contribution in [1.82, 2.24) is 10.6 Å². The Labute approximate surface area is 259 Å². The van der Waals surface area contributed by atoms with Crippen LogP contribution in [0.2, 0.25) is 10.0 Å². The summed E-state index contributed by atoms with van der Waals surface area (Å²) in [4.78, 5) is 51.5. The van der Waals surface area contributed by atoms with E-state index in [0.717, 1.165) is 19.3 Å². The molecule has 2 saturated carbocycles. The predicted molar refractivity (Wildman–Crippen MR) is 160 cm³/mol. The summed E-state index contributed by atoms with van der Waals surface area (Å²) in [5, 5.41) is 10.2. The van der Waals surface area contributed by atoms with Crippen LogP contribution in [0.25, 0.3) is 0 Å². The van der Waals surface area contributed by atoms with Crippen molar-refractivity contribution in [2.75, 3.05) is 11.9 Å². The van der Waals surface area contributed by atoms with Crippen molar-refractivity contribution >= 4 is 53.0 Å². The molecular formula is C32H34Cl2FN3O5. The summed E-state index contributed by atoms with van der Waals surface area (Å²) in [5.41, 5.74) is -0.624. The quantitative estimate of drug-likeness (QED) is 0.299. The molecule has 0 aromatic heterocycles. The van der Waals surface area contributed by atoms with Gasteiger partial charge in [-0.3, -0.25) is 24.5 Å². The molecule has 2 aromatic carbocycles. The molecule has 2 aliphatic carbocycles. The van der Waals surface area contributed by atoms with E-state index in [1.165, 1.54) is 6.07 Å². The summed E-state index contributed by atoms with van der Waals surface area (Å²) in [6, 6.07) is 8.85. The fourth-order valence-electron chi connectivity index (χ4n) is 8.22. The number of hydrogen-bond donors (Lipinski definition) is 3. The number of esters is 1. The number of hydrogen-bond acceptors (Lipinski definition) is 6. The standard InChI is InChI=1S/C32H34Cl2FN3O5/c33-19-9-12-22-24(17-19)37-30(42)32(22)25(21-5-4-6-23(34)26(21)35)27(38-31(32)13-2-1-3-14-31)28(40)36-20-10-7-18(8-11-20)29(41)43-16-15-39/h4-6,9,12,15,17-18,20,25,27,38H,1-3,7-8,10-11,13-14,16H2,(H,36,40)(H,37,42)/t18?,20?,25-,27+,32+/m0/s1. The molecule has 6 rings (SSSR count). The van der Waals surface area contributed by atoms with E-state index in [2.05, 4.69) is 16.0 Å². The Bertz CT molecular complexity index is 1460. The maximum Gasteiger partial charge on any atom is 0.309 e. The molecule has 2 spiro atoms. The molecule has 3 fully saturated rings. The van der Waals surface area contributed by atoms with Gasteiger partial charge in [-0.05, 0) is 67.9 Å². The Morgan fingerprint density at radius 3 is 2.53 bits per heavy atom. The van der Waals surface area contributed by atoms with Crippen LogP contribution in [0.1, 0.15) is 74.8 Å². The third-order valence-corrected chi connectivity index (χ3v) is 10.5. The molecule has 3 atom stereocenters. The van der Waals surface area contributed by atoms with Gasteiger partial charge in [-0.15, -0.1) is 0 Å². The smallest absolute Gasteiger partial charge is 0.309 e. The zero-order chi connectivity index (χ0) is 30.4. The number of carbonyl (C=O) groups is 4. The molecule has 8 nitrogen and oxygen atoms in total. The van der Waals surface area contributed by atoms with Gasteiger partial charge in [0.2, 0.25) is 11.8 Å². The Morgan fingerprint density at radius 1 is 1.07 bits per heavy atom. The third kappa shape index (κ3) is 4.93. The van der Waals surface area contributed by atoms with E-state index in [1.54, 1.807) is 24.3 Å². The summed E-state index contributed by atoms with van der Waals surface area (Å²) in [6.07, 6.45) is 6.65. The topological polar surface area (TPSA) is 114 Å². The van der Waals surface area contributed by atoms with Gasteiger partial charge in [0.05, 0.1) is 17.0 Å². The van der Waals surface area contributed by atoms with Crippen molar-refractivity contribution in [3.8, 4) is 0 Å². The van der Waals surface area contributed by atoms with Crippen molar-refractivity contribution in [3.05, 3.63) is 63.4 Å². The lowest BCUT2D eigenvalue weighted by molar-refractivity contribution is -0.151.